The summed E-state index contributed by atoms with van der Waals surface area (Å²) >= 11 is 0. The molecule has 0 saturated heterocycles. The summed E-state index contributed by atoms with van der Waals surface area (Å²) in [7, 11) is 3.37. The number of allylic oxidation sites excluding steroid dienone is 1. The zero-order valence-corrected chi connectivity index (χ0v) is 12.2. The number of methoxy groups -OCH3 is 2. The molecular weight excluding hydrogens is 248 g/mol. The van der Waals surface area contributed by atoms with Gasteiger partial charge in [0.25, 0.3) is 0 Å². The van der Waals surface area contributed by atoms with E-state index in [1.54, 1.807) is 14.2 Å². The van der Waals surface area contributed by atoms with Gasteiger partial charge in [0.05, 0.1) is 14.2 Å². The van der Waals surface area contributed by atoms with E-state index in [1.165, 1.54) is 5.56 Å². The number of benzene rings is 2. The van der Waals surface area contributed by atoms with Gasteiger partial charge in [0.1, 0.15) is 11.5 Å². The molecule has 0 radical (unpaired) electrons. The molecule has 0 N–H and O–H groups in total. The number of hydrogen-bond donors (Lipinski definition) is 0. The van der Waals surface area contributed by atoms with E-state index in [1.807, 2.05) is 30.3 Å². The van der Waals surface area contributed by atoms with E-state index in [4.69, 9.17) is 9.47 Å². The largest absolute Gasteiger partial charge is 0.497 e. The second kappa shape index (κ2) is 6.80. The molecule has 2 nitrogen and oxygen atoms in total. The van der Waals surface area contributed by atoms with Crippen LogP contribution in [0, 0.1) is 0 Å². The van der Waals surface area contributed by atoms with Gasteiger partial charge in [-0.25, -0.2) is 0 Å². The molecule has 0 spiro atoms. The van der Waals surface area contributed by atoms with E-state index >= 15 is 0 Å². The van der Waals surface area contributed by atoms with Gasteiger partial charge in [-0.15, -0.1) is 0 Å². The van der Waals surface area contributed by atoms with Crippen LogP contribution in [0.15, 0.2) is 54.6 Å². The average Bonchev–Trinajstić information content (AvgIpc) is 2.52. The molecule has 104 valence electrons. The Labute approximate surface area is 120 Å². The molecule has 0 aromatic heterocycles. The quantitative estimate of drug-likeness (QED) is 0.793. The lowest BCUT2D eigenvalue weighted by molar-refractivity contribution is 0.414. The van der Waals surface area contributed by atoms with Crippen molar-refractivity contribution in [3.63, 3.8) is 0 Å². The fourth-order valence-electron chi connectivity index (χ4n) is 2.04. The van der Waals surface area contributed by atoms with E-state index in [2.05, 4.69) is 37.3 Å². The van der Waals surface area contributed by atoms with Crippen molar-refractivity contribution in [3.8, 4) is 11.5 Å². The van der Waals surface area contributed by atoms with Crippen LogP contribution in [0.2, 0.25) is 0 Å². The highest BCUT2D eigenvalue weighted by Gasteiger charge is 2.02. The Bertz CT molecular complexity index is 587. The molecule has 2 rings (SSSR count). The molecule has 2 heteroatoms. The zero-order chi connectivity index (χ0) is 14.4. The lowest BCUT2D eigenvalue weighted by Gasteiger charge is -2.09. The summed E-state index contributed by atoms with van der Waals surface area (Å²) in [5.74, 6) is 2.10. The van der Waals surface area contributed by atoms with Gasteiger partial charge in [-0.2, -0.15) is 0 Å². The third kappa shape index (κ3) is 3.64. The van der Waals surface area contributed by atoms with Crippen molar-refractivity contribution in [2.75, 3.05) is 14.2 Å². The van der Waals surface area contributed by atoms with Crippen LogP contribution in [0.4, 0.5) is 0 Å². The van der Waals surface area contributed by atoms with Crippen LogP contribution >= 0.6 is 0 Å². The summed E-state index contributed by atoms with van der Waals surface area (Å²) in [5.41, 5.74) is 2.38. The molecule has 1 atom stereocenters. The van der Waals surface area contributed by atoms with Crippen molar-refractivity contribution in [3.05, 3.63) is 65.7 Å². The van der Waals surface area contributed by atoms with Crippen LogP contribution in [0.1, 0.15) is 24.0 Å². The van der Waals surface area contributed by atoms with Crippen LogP contribution in [0.3, 0.4) is 0 Å². The highest BCUT2D eigenvalue weighted by Crippen LogP contribution is 2.23. The van der Waals surface area contributed by atoms with Crippen LogP contribution in [-0.4, -0.2) is 14.2 Å². The highest BCUT2D eigenvalue weighted by atomic mass is 16.5. The molecule has 2 aromatic rings. The van der Waals surface area contributed by atoms with Crippen LogP contribution in [0.25, 0.3) is 6.08 Å². The summed E-state index contributed by atoms with van der Waals surface area (Å²) in [4.78, 5) is 0. The van der Waals surface area contributed by atoms with Crippen LogP contribution in [-0.2, 0) is 0 Å². The van der Waals surface area contributed by atoms with E-state index in [9.17, 15) is 0 Å². The standard InChI is InChI=1S/C18H20O2/c1-14(16-7-5-9-18(13-16)20-3)10-11-15-6-4-8-17(12-15)19-2/h4-14H,1-3H3/b11-10+. The lowest BCUT2D eigenvalue weighted by Crippen LogP contribution is -1.91. The van der Waals surface area contributed by atoms with Crippen LogP contribution < -0.4 is 9.47 Å². The number of ether oxygens (including phenoxy) is 2. The second-order valence-electron chi connectivity index (χ2n) is 4.70. The first-order valence-electron chi connectivity index (χ1n) is 6.69. The van der Waals surface area contributed by atoms with Gasteiger partial charge >= 0.3 is 0 Å². The Hall–Kier alpha value is -2.22. The van der Waals surface area contributed by atoms with Gasteiger partial charge in [0.2, 0.25) is 0 Å². The van der Waals surface area contributed by atoms with E-state index in [0.717, 1.165) is 17.1 Å². The van der Waals surface area contributed by atoms with E-state index < -0.39 is 0 Å². The SMILES string of the molecule is COc1cccc(/C=C/C(C)c2cccc(OC)c2)c1. The molecule has 0 saturated carbocycles. The molecule has 20 heavy (non-hydrogen) atoms. The van der Waals surface area contributed by atoms with Gasteiger partial charge in [-0.1, -0.05) is 43.3 Å². The van der Waals surface area contributed by atoms with E-state index in [0.29, 0.717) is 5.92 Å². The first-order valence-corrected chi connectivity index (χ1v) is 6.69. The Morgan fingerprint density at radius 2 is 1.55 bits per heavy atom. The Morgan fingerprint density at radius 1 is 0.900 bits per heavy atom. The maximum atomic E-state index is 5.26. The van der Waals surface area contributed by atoms with Crippen molar-refractivity contribution >= 4 is 6.08 Å². The van der Waals surface area contributed by atoms with Gasteiger partial charge in [-0.05, 0) is 41.3 Å². The third-order valence-electron chi connectivity index (χ3n) is 3.29. The minimum Gasteiger partial charge on any atom is -0.497 e. The molecule has 0 aliphatic carbocycles. The third-order valence-corrected chi connectivity index (χ3v) is 3.29. The minimum absolute atomic E-state index is 0.330. The first-order chi connectivity index (χ1) is 9.72. The summed E-state index contributed by atoms with van der Waals surface area (Å²) in [6, 6.07) is 16.2. The Balaban J connectivity index is 2.13. The van der Waals surface area contributed by atoms with Crippen molar-refractivity contribution < 1.29 is 9.47 Å². The van der Waals surface area contributed by atoms with Gasteiger partial charge in [0, 0.05) is 0 Å². The molecule has 0 fully saturated rings. The number of hydrogen-bond acceptors (Lipinski definition) is 2. The smallest absolute Gasteiger partial charge is 0.119 e. The van der Waals surface area contributed by atoms with Crippen molar-refractivity contribution in [1.29, 1.82) is 0 Å². The highest BCUT2D eigenvalue weighted by molar-refractivity contribution is 5.53. The molecular formula is C18H20O2. The zero-order valence-electron chi connectivity index (χ0n) is 12.2. The van der Waals surface area contributed by atoms with Gasteiger partial charge in [0.15, 0.2) is 0 Å². The Morgan fingerprint density at radius 3 is 2.25 bits per heavy atom. The summed E-state index contributed by atoms with van der Waals surface area (Å²) in [6.07, 6.45) is 4.30. The molecule has 0 heterocycles. The normalized spacial score (nSPS) is 12.3. The molecule has 1 unspecified atom stereocenters. The summed E-state index contributed by atoms with van der Waals surface area (Å²) in [6.45, 7) is 2.17. The van der Waals surface area contributed by atoms with Gasteiger partial charge in [-0.3, -0.25) is 0 Å². The van der Waals surface area contributed by atoms with Crippen LogP contribution in [0.5, 0.6) is 11.5 Å². The predicted octanol–water partition coefficient (Wildman–Crippen LogP) is 4.52. The summed E-state index contributed by atoms with van der Waals surface area (Å²) < 4.78 is 10.5. The average molecular weight is 268 g/mol. The number of rotatable bonds is 5. The van der Waals surface area contributed by atoms with Crippen molar-refractivity contribution in [1.82, 2.24) is 0 Å². The fourth-order valence-corrected chi connectivity index (χ4v) is 2.04. The second-order valence-corrected chi connectivity index (χ2v) is 4.70. The summed E-state index contributed by atoms with van der Waals surface area (Å²) in [5, 5.41) is 0. The minimum atomic E-state index is 0.330. The topological polar surface area (TPSA) is 18.5 Å². The van der Waals surface area contributed by atoms with Gasteiger partial charge < -0.3 is 9.47 Å². The molecule has 0 bridgehead atoms. The molecule has 0 aliphatic heterocycles. The fraction of sp³-hybridized carbons (Fsp3) is 0.222. The van der Waals surface area contributed by atoms with Crippen molar-refractivity contribution in [2.24, 2.45) is 0 Å². The van der Waals surface area contributed by atoms with Crippen molar-refractivity contribution in [2.45, 2.75) is 12.8 Å². The monoisotopic (exact) mass is 268 g/mol. The van der Waals surface area contributed by atoms with E-state index in [-0.39, 0.29) is 0 Å². The molecule has 0 amide bonds. The maximum absolute atomic E-state index is 5.26. The Kier molecular flexibility index (Phi) is 4.83. The predicted molar refractivity (Wildman–Crippen MR) is 83.4 cm³/mol. The molecule has 2 aromatic carbocycles. The first kappa shape index (κ1) is 14.2. The molecule has 0 aliphatic rings. The maximum Gasteiger partial charge on any atom is 0.119 e. The lowest BCUT2D eigenvalue weighted by atomic mass is 9.99.